The summed E-state index contributed by atoms with van der Waals surface area (Å²) in [4.78, 5) is -0.250. The van der Waals surface area contributed by atoms with Crippen molar-refractivity contribution < 1.29 is 21.6 Å². The minimum Gasteiger partial charge on any atom is -0.207 e. The molecule has 0 amide bonds. The number of hydrogen-bond donors (Lipinski definition) is 1. The van der Waals surface area contributed by atoms with Gasteiger partial charge in [0.1, 0.15) is 6.04 Å². The highest BCUT2D eigenvalue weighted by Crippen LogP contribution is 2.34. The predicted molar refractivity (Wildman–Crippen MR) is 79.7 cm³/mol. The first kappa shape index (κ1) is 17.0. The average Bonchev–Trinajstić information content (AvgIpc) is 2.45. The second-order valence-corrected chi connectivity index (χ2v) is 6.97. The fourth-order valence-electron chi connectivity index (χ4n) is 1.85. The van der Waals surface area contributed by atoms with Crippen molar-refractivity contribution in [1.29, 1.82) is 0 Å². The van der Waals surface area contributed by atoms with Gasteiger partial charge in [-0.05, 0) is 33.6 Å². The van der Waals surface area contributed by atoms with E-state index in [-0.39, 0.29) is 14.9 Å². The third-order valence-electron chi connectivity index (χ3n) is 2.86. The van der Waals surface area contributed by atoms with Crippen LogP contribution in [0.1, 0.15) is 11.6 Å². The summed E-state index contributed by atoms with van der Waals surface area (Å²) < 4.78 is 66.0. The van der Waals surface area contributed by atoms with Crippen molar-refractivity contribution in [3.05, 3.63) is 64.6 Å². The molecule has 0 saturated carbocycles. The van der Waals surface area contributed by atoms with Gasteiger partial charge >= 0.3 is 6.18 Å². The maximum atomic E-state index is 13.2. The molecule has 3 nitrogen and oxygen atoms in total. The third kappa shape index (κ3) is 3.88. The lowest BCUT2D eigenvalue weighted by Gasteiger charge is -2.22. The lowest BCUT2D eigenvalue weighted by molar-refractivity contribution is -0.153. The summed E-state index contributed by atoms with van der Waals surface area (Å²) in [6, 6.07) is 10.2. The Morgan fingerprint density at radius 2 is 1.50 bits per heavy atom. The van der Waals surface area contributed by atoms with Crippen LogP contribution < -0.4 is 4.72 Å². The number of benzene rings is 2. The van der Waals surface area contributed by atoms with E-state index in [1.165, 1.54) is 42.5 Å². The molecular weight excluding hydrogens is 383 g/mol. The van der Waals surface area contributed by atoms with Crippen LogP contribution in [-0.4, -0.2) is 14.6 Å². The molecule has 22 heavy (non-hydrogen) atoms. The molecule has 2 rings (SSSR count). The van der Waals surface area contributed by atoms with Gasteiger partial charge in [-0.3, -0.25) is 0 Å². The molecule has 1 atom stereocenters. The van der Waals surface area contributed by atoms with Gasteiger partial charge in [0.25, 0.3) is 0 Å². The van der Waals surface area contributed by atoms with E-state index in [1.54, 1.807) is 16.9 Å². The predicted octanol–water partition coefficient (Wildman–Crippen LogP) is 4.03. The van der Waals surface area contributed by atoms with Gasteiger partial charge in [-0.2, -0.15) is 17.9 Å². The molecule has 0 unspecified atom stereocenters. The molecule has 0 heterocycles. The van der Waals surface area contributed by atoms with Crippen molar-refractivity contribution in [2.24, 2.45) is 0 Å². The molecule has 1 N–H and O–H groups in total. The van der Waals surface area contributed by atoms with Gasteiger partial charge in [0.2, 0.25) is 10.0 Å². The third-order valence-corrected chi connectivity index (χ3v) is 5.29. The SMILES string of the molecule is O=S(=O)(N[C@H](c1ccccc1)C(F)(F)F)c1ccccc1Br. The van der Waals surface area contributed by atoms with Crippen molar-refractivity contribution in [3.63, 3.8) is 0 Å². The van der Waals surface area contributed by atoms with Crippen LogP contribution in [0.15, 0.2) is 64.0 Å². The van der Waals surface area contributed by atoms with Crippen LogP contribution in [0.4, 0.5) is 13.2 Å². The second kappa shape index (κ2) is 6.39. The topological polar surface area (TPSA) is 46.2 Å². The number of sulfonamides is 1. The van der Waals surface area contributed by atoms with Crippen LogP contribution in [0.5, 0.6) is 0 Å². The van der Waals surface area contributed by atoms with Crippen LogP contribution in [-0.2, 0) is 10.0 Å². The molecule has 0 aliphatic heterocycles. The van der Waals surface area contributed by atoms with Crippen molar-refractivity contribution in [1.82, 2.24) is 4.72 Å². The molecule has 118 valence electrons. The molecule has 0 bridgehead atoms. The Bertz CT molecular complexity index is 748. The molecule has 2 aromatic rings. The largest absolute Gasteiger partial charge is 0.408 e. The van der Waals surface area contributed by atoms with Crippen molar-refractivity contribution in [3.8, 4) is 0 Å². The molecule has 8 heteroatoms. The Balaban J connectivity index is 2.42. The van der Waals surface area contributed by atoms with Crippen molar-refractivity contribution in [2.75, 3.05) is 0 Å². The van der Waals surface area contributed by atoms with Gasteiger partial charge in [-0.1, -0.05) is 42.5 Å². The van der Waals surface area contributed by atoms with Crippen LogP contribution in [0.3, 0.4) is 0 Å². The quantitative estimate of drug-likeness (QED) is 0.851. The minimum absolute atomic E-state index is 0.175. The summed E-state index contributed by atoms with van der Waals surface area (Å²) >= 11 is 3.03. The van der Waals surface area contributed by atoms with Crippen molar-refractivity contribution in [2.45, 2.75) is 17.1 Å². The van der Waals surface area contributed by atoms with Crippen LogP contribution in [0.25, 0.3) is 0 Å². The summed E-state index contributed by atoms with van der Waals surface area (Å²) in [5, 5.41) is 0. The summed E-state index contributed by atoms with van der Waals surface area (Å²) in [6.07, 6.45) is -4.75. The molecule has 0 aliphatic rings. The van der Waals surface area contributed by atoms with Crippen LogP contribution in [0.2, 0.25) is 0 Å². The molecule has 0 radical (unpaired) electrons. The summed E-state index contributed by atoms with van der Waals surface area (Å²) in [7, 11) is -4.34. The Hall–Kier alpha value is -1.38. The molecule has 0 aromatic heterocycles. The number of rotatable bonds is 4. The highest BCUT2D eigenvalue weighted by atomic mass is 79.9. The lowest BCUT2D eigenvalue weighted by Crippen LogP contribution is -2.38. The maximum absolute atomic E-state index is 13.2. The van der Waals surface area contributed by atoms with E-state index in [1.807, 2.05) is 0 Å². The van der Waals surface area contributed by atoms with Gasteiger partial charge in [0.05, 0.1) is 4.90 Å². The first-order valence-corrected chi connectivity index (χ1v) is 8.38. The first-order valence-electron chi connectivity index (χ1n) is 6.10. The zero-order valence-corrected chi connectivity index (χ0v) is 13.4. The molecule has 0 aliphatic carbocycles. The average molecular weight is 394 g/mol. The maximum Gasteiger partial charge on any atom is 0.408 e. The Kier molecular flexibility index (Phi) is 4.93. The number of hydrogen-bond acceptors (Lipinski definition) is 2. The zero-order valence-electron chi connectivity index (χ0n) is 11.0. The molecule has 2 aromatic carbocycles. The highest BCUT2D eigenvalue weighted by molar-refractivity contribution is 9.10. The normalized spacial score (nSPS) is 13.8. The van der Waals surface area contributed by atoms with E-state index < -0.39 is 22.2 Å². The second-order valence-electron chi connectivity index (χ2n) is 4.44. The van der Waals surface area contributed by atoms with E-state index in [0.29, 0.717) is 0 Å². The monoisotopic (exact) mass is 393 g/mol. The Labute approximate surface area is 134 Å². The summed E-state index contributed by atoms with van der Waals surface area (Å²) in [6.45, 7) is 0. The van der Waals surface area contributed by atoms with Crippen LogP contribution >= 0.6 is 15.9 Å². The summed E-state index contributed by atoms with van der Waals surface area (Å²) in [5.74, 6) is 0. The number of alkyl halides is 3. The van der Waals surface area contributed by atoms with E-state index in [2.05, 4.69) is 15.9 Å². The van der Waals surface area contributed by atoms with E-state index >= 15 is 0 Å². The van der Waals surface area contributed by atoms with Crippen molar-refractivity contribution >= 4 is 26.0 Å². The molecular formula is C14H11BrF3NO2S. The zero-order chi connectivity index (χ0) is 16.4. The minimum atomic E-state index is -4.75. The van der Waals surface area contributed by atoms with Gasteiger partial charge in [-0.15, -0.1) is 0 Å². The fraction of sp³-hybridized carbons (Fsp3) is 0.143. The first-order chi connectivity index (χ1) is 10.2. The standard InChI is InChI=1S/C14H11BrF3NO2S/c15-11-8-4-5-9-12(11)22(20,21)19-13(14(16,17)18)10-6-2-1-3-7-10/h1-9,13,19H/t13-/m1/s1. The van der Waals surface area contributed by atoms with E-state index in [4.69, 9.17) is 0 Å². The van der Waals surface area contributed by atoms with Crippen LogP contribution in [0, 0.1) is 0 Å². The fourth-order valence-corrected chi connectivity index (χ4v) is 4.06. The molecule has 0 spiro atoms. The smallest absolute Gasteiger partial charge is 0.207 e. The molecule has 0 saturated heterocycles. The Morgan fingerprint density at radius 1 is 0.955 bits per heavy atom. The lowest BCUT2D eigenvalue weighted by atomic mass is 10.1. The molecule has 0 fully saturated rings. The van der Waals surface area contributed by atoms with E-state index in [0.717, 1.165) is 0 Å². The van der Waals surface area contributed by atoms with Gasteiger partial charge in [0, 0.05) is 4.47 Å². The number of nitrogens with one attached hydrogen (secondary N) is 1. The van der Waals surface area contributed by atoms with Gasteiger partial charge in [-0.25, -0.2) is 8.42 Å². The van der Waals surface area contributed by atoms with E-state index in [9.17, 15) is 21.6 Å². The van der Waals surface area contributed by atoms with Gasteiger partial charge < -0.3 is 0 Å². The highest BCUT2D eigenvalue weighted by Gasteiger charge is 2.43. The summed E-state index contributed by atoms with van der Waals surface area (Å²) in [5.41, 5.74) is -0.175. The van der Waals surface area contributed by atoms with Gasteiger partial charge in [0.15, 0.2) is 0 Å². The Morgan fingerprint density at radius 3 is 2.05 bits per heavy atom. The number of halogens is 4.